The number of nitrogens with zero attached hydrogens (tertiary/aromatic N) is 3. The first-order valence-electron chi connectivity index (χ1n) is 10.3. The van der Waals surface area contributed by atoms with Crippen molar-refractivity contribution in [1.82, 2.24) is 9.88 Å². The summed E-state index contributed by atoms with van der Waals surface area (Å²) in [5.74, 6) is -0.824. The molecule has 2 aliphatic carbocycles. The van der Waals surface area contributed by atoms with Crippen LogP contribution in [0.25, 0.3) is 10.9 Å². The van der Waals surface area contributed by atoms with Crippen molar-refractivity contribution in [3.63, 3.8) is 0 Å². The molecule has 29 heavy (non-hydrogen) atoms. The van der Waals surface area contributed by atoms with Crippen LogP contribution in [0.2, 0.25) is 0 Å². The van der Waals surface area contributed by atoms with Crippen molar-refractivity contribution in [3.05, 3.63) is 41.1 Å². The van der Waals surface area contributed by atoms with Gasteiger partial charge in [0.25, 0.3) is 5.91 Å². The van der Waals surface area contributed by atoms with Gasteiger partial charge in [-0.1, -0.05) is 37.5 Å². The van der Waals surface area contributed by atoms with Crippen LogP contribution in [0.5, 0.6) is 0 Å². The highest BCUT2D eigenvalue weighted by Gasteiger charge is 2.39. The number of carbonyl (C=O) groups is 2. The molecule has 1 aromatic carbocycles. The van der Waals surface area contributed by atoms with Crippen molar-refractivity contribution in [2.75, 3.05) is 13.7 Å². The molecule has 4 rings (SSSR count). The fraction of sp³-hybridized carbons (Fsp3) is 0.478. The van der Waals surface area contributed by atoms with E-state index in [1.807, 2.05) is 24.3 Å². The lowest BCUT2D eigenvalue weighted by Crippen LogP contribution is -2.51. The molecule has 0 saturated heterocycles. The highest BCUT2D eigenvalue weighted by Crippen LogP contribution is 2.33. The van der Waals surface area contributed by atoms with E-state index in [1.165, 1.54) is 4.90 Å². The van der Waals surface area contributed by atoms with Crippen LogP contribution in [0.15, 0.2) is 24.3 Å². The molecule has 0 unspecified atom stereocenters. The number of carbonyl (C=O) groups excluding carboxylic acids is 2. The normalized spacial score (nSPS) is 17.4. The molecule has 150 valence electrons. The van der Waals surface area contributed by atoms with Gasteiger partial charge in [0, 0.05) is 18.1 Å². The number of pyridine rings is 1. The average Bonchev–Trinajstić information content (AvgIpc) is 3.23. The molecule has 1 heterocycles. The topological polar surface area (TPSA) is 83.3 Å². The van der Waals surface area contributed by atoms with Gasteiger partial charge in [-0.25, -0.2) is 4.79 Å². The number of rotatable bonds is 4. The number of ether oxygens (including phenoxy) is 1. The first-order valence-corrected chi connectivity index (χ1v) is 10.3. The van der Waals surface area contributed by atoms with Gasteiger partial charge in [-0.3, -0.25) is 9.78 Å². The Morgan fingerprint density at radius 3 is 2.69 bits per heavy atom. The quantitative estimate of drug-likeness (QED) is 0.744. The van der Waals surface area contributed by atoms with E-state index in [0.717, 1.165) is 60.7 Å². The number of aromatic nitrogens is 1. The van der Waals surface area contributed by atoms with Gasteiger partial charge in [-0.05, 0) is 43.7 Å². The van der Waals surface area contributed by atoms with Crippen LogP contribution in [0.3, 0.4) is 0 Å². The Labute approximate surface area is 170 Å². The lowest BCUT2D eigenvalue weighted by atomic mass is 9.81. The Kier molecular flexibility index (Phi) is 5.23. The predicted octanol–water partition coefficient (Wildman–Crippen LogP) is 3.57. The summed E-state index contributed by atoms with van der Waals surface area (Å²) in [6.45, 7) is -0.357. The zero-order chi connectivity index (χ0) is 20.4. The second kappa shape index (κ2) is 7.82. The molecule has 0 aliphatic heterocycles. The molecule has 6 heteroatoms. The van der Waals surface area contributed by atoms with Gasteiger partial charge in [0.2, 0.25) is 0 Å². The van der Waals surface area contributed by atoms with Crippen molar-refractivity contribution in [3.8, 4) is 6.07 Å². The maximum Gasteiger partial charge on any atom is 0.339 e. The Bertz CT molecular complexity index is 1000. The zero-order valence-corrected chi connectivity index (χ0v) is 16.7. The van der Waals surface area contributed by atoms with Crippen molar-refractivity contribution in [2.45, 2.75) is 56.9 Å². The van der Waals surface area contributed by atoms with Crippen molar-refractivity contribution < 1.29 is 14.3 Å². The molecule has 0 spiro atoms. The van der Waals surface area contributed by atoms with Crippen LogP contribution in [0.1, 0.15) is 60.1 Å². The van der Waals surface area contributed by atoms with Crippen molar-refractivity contribution >= 4 is 22.8 Å². The molecule has 0 radical (unpaired) electrons. The summed E-state index contributed by atoms with van der Waals surface area (Å²) < 4.78 is 5.46. The number of hydrogen-bond acceptors (Lipinski definition) is 5. The number of benzene rings is 1. The second-order valence-electron chi connectivity index (χ2n) is 8.02. The van der Waals surface area contributed by atoms with E-state index in [9.17, 15) is 14.9 Å². The standard InChI is InChI=1S/C23H25N3O3/c1-26(23(15-24)12-5-2-6-13-23)20(27)14-29-22(28)21-16-8-3-4-10-18(16)25-19-11-7-9-17(19)21/h3-4,8,10H,2,5-7,9,11-14H2,1H3. The minimum atomic E-state index is -0.785. The number of fused-ring (bicyclic) bond motifs is 2. The van der Waals surface area contributed by atoms with E-state index in [2.05, 4.69) is 11.1 Å². The van der Waals surface area contributed by atoms with Gasteiger partial charge in [-0.15, -0.1) is 0 Å². The van der Waals surface area contributed by atoms with Gasteiger partial charge >= 0.3 is 5.97 Å². The molecule has 0 bridgehead atoms. The molecule has 0 N–H and O–H groups in total. The maximum atomic E-state index is 13.0. The summed E-state index contributed by atoms with van der Waals surface area (Å²) in [4.78, 5) is 31.9. The third-order valence-corrected chi connectivity index (χ3v) is 6.36. The number of esters is 1. The Morgan fingerprint density at radius 1 is 1.17 bits per heavy atom. The van der Waals surface area contributed by atoms with Crippen LogP contribution in [-0.2, 0) is 22.4 Å². The number of para-hydroxylation sites is 1. The SMILES string of the molecule is CN(C(=O)COC(=O)c1c2c(nc3ccccc13)CCC2)C1(C#N)CCCCC1. The van der Waals surface area contributed by atoms with Gasteiger partial charge in [0.15, 0.2) is 6.61 Å². The summed E-state index contributed by atoms with van der Waals surface area (Å²) >= 11 is 0. The van der Waals surface area contributed by atoms with Gasteiger partial charge in [0.05, 0.1) is 17.1 Å². The number of likely N-dealkylation sites (N-methyl/N-ethyl adjacent to an activating group) is 1. The van der Waals surface area contributed by atoms with E-state index >= 15 is 0 Å². The first kappa shape index (κ1) is 19.4. The summed E-state index contributed by atoms with van der Waals surface area (Å²) in [6.07, 6.45) is 6.90. The number of nitriles is 1. The Balaban J connectivity index is 1.54. The lowest BCUT2D eigenvalue weighted by molar-refractivity contribution is -0.138. The molecule has 1 aromatic heterocycles. The van der Waals surface area contributed by atoms with Crippen molar-refractivity contribution in [1.29, 1.82) is 5.26 Å². The molecule has 2 aliphatic rings. The highest BCUT2D eigenvalue weighted by molar-refractivity contribution is 6.05. The summed E-state index contributed by atoms with van der Waals surface area (Å²) in [5, 5.41) is 10.4. The minimum absolute atomic E-state index is 0.336. The van der Waals surface area contributed by atoms with E-state index in [4.69, 9.17) is 4.74 Å². The van der Waals surface area contributed by atoms with E-state index in [0.29, 0.717) is 18.4 Å². The van der Waals surface area contributed by atoms with Gasteiger partial charge < -0.3 is 9.64 Å². The molecular formula is C23H25N3O3. The second-order valence-corrected chi connectivity index (χ2v) is 8.02. The van der Waals surface area contributed by atoms with Gasteiger partial charge in [-0.2, -0.15) is 5.26 Å². The fourth-order valence-electron chi connectivity index (χ4n) is 4.64. The third-order valence-electron chi connectivity index (χ3n) is 6.36. The largest absolute Gasteiger partial charge is 0.452 e. The van der Waals surface area contributed by atoms with E-state index < -0.39 is 11.5 Å². The Hall–Kier alpha value is -2.94. The third kappa shape index (κ3) is 3.46. The van der Waals surface area contributed by atoms with Crippen LogP contribution in [0.4, 0.5) is 0 Å². The zero-order valence-electron chi connectivity index (χ0n) is 16.7. The molecule has 2 aromatic rings. The predicted molar refractivity (Wildman–Crippen MR) is 108 cm³/mol. The molecule has 1 fully saturated rings. The molecule has 0 atom stereocenters. The monoisotopic (exact) mass is 391 g/mol. The van der Waals surface area contributed by atoms with Crippen LogP contribution >= 0.6 is 0 Å². The number of aryl methyl sites for hydroxylation is 1. The average molecular weight is 391 g/mol. The molecule has 1 amide bonds. The fourth-order valence-corrected chi connectivity index (χ4v) is 4.64. The summed E-state index contributed by atoms with van der Waals surface area (Å²) in [5.41, 5.74) is 2.41. The number of hydrogen-bond donors (Lipinski definition) is 0. The lowest BCUT2D eigenvalue weighted by Gasteiger charge is -2.38. The van der Waals surface area contributed by atoms with Gasteiger partial charge in [0.1, 0.15) is 5.54 Å². The minimum Gasteiger partial charge on any atom is -0.452 e. The molecule has 6 nitrogen and oxygen atoms in total. The molecule has 1 saturated carbocycles. The smallest absolute Gasteiger partial charge is 0.339 e. The highest BCUT2D eigenvalue weighted by atomic mass is 16.5. The number of amides is 1. The maximum absolute atomic E-state index is 13.0. The van der Waals surface area contributed by atoms with Crippen molar-refractivity contribution in [2.24, 2.45) is 0 Å². The van der Waals surface area contributed by atoms with E-state index in [1.54, 1.807) is 7.05 Å². The summed E-state index contributed by atoms with van der Waals surface area (Å²) in [6, 6.07) is 9.87. The molecular weight excluding hydrogens is 366 g/mol. The van der Waals surface area contributed by atoms with E-state index in [-0.39, 0.29) is 12.5 Å². The Morgan fingerprint density at radius 2 is 1.93 bits per heavy atom. The van der Waals surface area contributed by atoms with Crippen LogP contribution < -0.4 is 0 Å². The first-order chi connectivity index (χ1) is 14.1. The summed E-state index contributed by atoms with van der Waals surface area (Å²) in [7, 11) is 1.64. The van der Waals surface area contributed by atoms with Crippen LogP contribution in [-0.4, -0.2) is 41.0 Å². The van der Waals surface area contributed by atoms with Crippen LogP contribution in [0, 0.1) is 11.3 Å².